The molecule has 0 amide bonds. The summed E-state index contributed by atoms with van der Waals surface area (Å²) in [6.07, 6.45) is 0.402. The van der Waals surface area contributed by atoms with Gasteiger partial charge in [-0.15, -0.1) is 0 Å². The van der Waals surface area contributed by atoms with Crippen LogP contribution in [-0.2, 0) is 9.47 Å². The summed E-state index contributed by atoms with van der Waals surface area (Å²) in [5.74, 6) is -0.250. The lowest BCUT2D eigenvalue weighted by Gasteiger charge is -2.19. The fraction of sp³-hybridized carbons (Fsp3) is 0.500. The number of aliphatic hydroxyl groups is 1. The molecule has 4 heteroatoms. The Kier molecular flexibility index (Phi) is 6.57. The van der Waals surface area contributed by atoms with Gasteiger partial charge in [0.25, 0.3) is 0 Å². The monoisotopic (exact) mass is 251 g/mol. The molecule has 0 saturated carbocycles. The maximum atomic E-state index is 9.43. The highest BCUT2D eigenvalue weighted by Gasteiger charge is 2.18. The number of hydrogen-bond acceptors (Lipinski definition) is 4. The zero-order valence-corrected chi connectivity index (χ0v) is 10.9. The van der Waals surface area contributed by atoms with Crippen molar-refractivity contribution in [3.05, 3.63) is 35.9 Å². The number of methoxy groups -OCH3 is 1. The molecule has 0 aromatic heterocycles. The van der Waals surface area contributed by atoms with Crippen molar-refractivity contribution in [2.75, 3.05) is 20.5 Å². The van der Waals surface area contributed by atoms with Crippen molar-refractivity contribution in [1.29, 1.82) is 5.41 Å². The number of ether oxygens (including phenoxy) is 2. The number of nitrogens with one attached hydrogen (secondary N) is 1. The predicted molar refractivity (Wildman–Crippen MR) is 71.0 cm³/mol. The van der Waals surface area contributed by atoms with Crippen LogP contribution < -0.4 is 0 Å². The lowest BCUT2D eigenvalue weighted by Crippen LogP contribution is -2.22. The molecular formula is C14H21NO3. The SMILES string of the molecule is COCO[C@@H](C)CC(=N)[C@@H](CO)c1ccccc1. The molecule has 0 radical (unpaired) electrons. The number of hydrogen-bond donors (Lipinski definition) is 2. The van der Waals surface area contributed by atoms with Gasteiger partial charge in [-0.3, -0.25) is 0 Å². The zero-order chi connectivity index (χ0) is 13.4. The standard InChI is InChI=1S/C14H21NO3/c1-11(18-10-17-2)8-14(15)13(9-16)12-6-4-3-5-7-12/h3-7,11,13,15-16H,8-10H2,1-2H3/t11-,13-/m0/s1. The lowest BCUT2D eigenvalue weighted by molar-refractivity contribution is -0.0627. The van der Waals surface area contributed by atoms with Gasteiger partial charge in [0.05, 0.1) is 12.7 Å². The van der Waals surface area contributed by atoms with Crippen LogP contribution in [0, 0.1) is 5.41 Å². The van der Waals surface area contributed by atoms with Crippen molar-refractivity contribution in [3.8, 4) is 0 Å². The van der Waals surface area contributed by atoms with Crippen LogP contribution in [0.25, 0.3) is 0 Å². The second kappa shape index (κ2) is 7.97. The van der Waals surface area contributed by atoms with Crippen LogP contribution in [0.15, 0.2) is 30.3 Å². The van der Waals surface area contributed by atoms with E-state index in [4.69, 9.17) is 14.9 Å². The van der Waals surface area contributed by atoms with Gasteiger partial charge >= 0.3 is 0 Å². The van der Waals surface area contributed by atoms with E-state index in [0.717, 1.165) is 5.56 Å². The van der Waals surface area contributed by atoms with E-state index in [1.54, 1.807) is 7.11 Å². The molecule has 1 aromatic carbocycles. The average Bonchev–Trinajstić information content (AvgIpc) is 2.38. The minimum Gasteiger partial charge on any atom is -0.395 e. The minimum absolute atomic E-state index is 0.0557. The van der Waals surface area contributed by atoms with Gasteiger partial charge in [0.15, 0.2) is 0 Å². The third-order valence-corrected chi connectivity index (χ3v) is 2.78. The Morgan fingerprint density at radius 3 is 2.56 bits per heavy atom. The molecule has 0 unspecified atom stereocenters. The van der Waals surface area contributed by atoms with Gasteiger partial charge in [-0.1, -0.05) is 30.3 Å². The predicted octanol–water partition coefficient (Wildman–Crippen LogP) is 2.18. The quantitative estimate of drug-likeness (QED) is 0.550. The number of benzene rings is 1. The molecule has 0 spiro atoms. The summed E-state index contributed by atoms with van der Waals surface area (Å²) in [6, 6.07) is 9.60. The highest BCUT2D eigenvalue weighted by molar-refractivity contribution is 5.88. The van der Waals surface area contributed by atoms with Crippen molar-refractivity contribution in [2.24, 2.45) is 0 Å². The molecule has 2 atom stereocenters. The van der Waals surface area contributed by atoms with Gasteiger partial charge in [0, 0.05) is 25.2 Å². The van der Waals surface area contributed by atoms with Gasteiger partial charge in [0.1, 0.15) is 6.79 Å². The van der Waals surface area contributed by atoms with Gasteiger partial charge in [-0.05, 0) is 12.5 Å². The normalized spacial score (nSPS) is 14.2. The first-order chi connectivity index (χ1) is 8.69. The van der Waals surface area contributed by atoms with E-state index >= 15 is 0 Å². The van der Waals surface area contributed by atoms with Crippen LogP contribution in [0.2, 0.25) is 0 Å². The zero-order valence-electron chi connectivity index (χ0n) is 10.9. The molecule has 2 N–H and O–H groups in total. The molecule has 0 bridgehead atoms. The third-order valence-electron chi connectivity index (χ3n) is 2.78. The second-order valence-electron chi connectivity index (χ2n) is 4.26. The summed E-state index contributed by atoms with van der Waals surface area (Å²) >= 11 is 0. The van der Waals surface area contributed by atoms with Crippen molar-refractivity contribution < 1.29 is 14.6 Å². The molecule has 0 saturated heterocycles. The first kappa shape index (κ1) is 14.8. The molecule has 4 nitrogen and oxygen atoms in total. The highest BCUT2D eigenvalue weighted by Crippen LogP contribution is 2.19. The van der Waals surface area contributed by atoms with Crippen LogP contribution in [0.5, 0.6) is 0 Å². The maximum Gasteiger partial charge on any atom is 0.146 e. The molecule has 1 aromatic rings. The molecule has 100 valence electrons. The Morgan fingerprint density at radius 1 is 1.33 bits per heavy atom. The van der Waals surface area contributed by atoms with E-state index in [9.17, 15) is 5.11 Å². The summed E-state index contributed by atoms with van der Waals surface area (Å²) in [4.78, 5) is 0. The Labute approximate surface area is 108 Å². The Morgan fingerprint density at radius 2 is 2.00 bits per heavy atom. The van der Waals surface area contributed by atoms with E-state index in [1.807, 2.05) is 37.3 Å². The smallest absolute Gasteiger partial charge is 0.146 e. The summed E-state index contributed by atoms with van der Waals surface area (Å²) in [6.45, 7) is 2.07. The van der Waals surface area contributed by atoms with Crippen LogP contribution in [0.4, 0.5) is 0 Å². The molecule has 18 heavy (non-hydrogen) atoms. The molecule has 0 aliphatic heterocycles. The van der Waals surface area contributed by atoms with Gasteiger partial charge in [-0.25, -0.2) is 0 Å². The summed E-state index contributed by atoms with van der Waals surface area (Å²) in [5.41, 5.74) is 1.44. The van der Waals surface area contributed by atoms with Crippen LogP contribution in [0.3, 0.4) is 0 Å². The Balaban J connectivity index is 2.58. The first-order valence-corrected chi connectivity index (χ1v) is 6.02. The molecule has 0 fully saturated rings. The van der Waals surface area contributed by atoms with E-state index in [-0.39, 0.29) is 25.4 Å². The first-order valence-electron chi connectivity index (χ1n) is 6.02. The van der Waals surface area contributed by atoms with E-state index < -0.39 is 0 Å². The molecule has 0 aliphatic rings. The molecule has 1 rings (SSSR count). The van der Waals surface area contributed by atoms with Crippen molar-refractivity contribution in [3.63, 3.8) is 0 Å². The van der Waals surface area contributed by atoms with Crippen LogP contribution in [-0.4, -0.2) is 37.4 Å². The van der Waals surface area contributed by atoms with Crippen molar-refractivity contribution in [1.82, 2.24) is 0 Å². The summed E-state index contributed by atoms with van der Waals surface area (Å²) in [5, 5.41) is 17.5. The van der Waals surface area contributed by atoms with Crippen LogP contribution >= 0.6 is 0 Å². The second-order valence-corrected chi connectivity index (χ2v) is 4.26. The van der Waals surface area contributed by atoms with Gasteiger partial charge < -0.3 is 20.0 Å². The van der Waals surface area contributed by atoms with E-state index in [0.29, 0.717) is 12.1 Å². The summed E-state index contributed by atoms with van der Waals surface area (Å²) < 4.78 is 10.2. The highest BCUT2D eigenvalue weighted by atomic mass is 16.7. The van der Waals surface area contributed by atoms with E-state index in [2.05, 4.69) is 0 Å². The van der Waals surface area contributed by atoms with Gasteiger partial charge in [-0.2, -0.15) is 0 Å². The molecule has 0 heterocycles. The maximum absolute atomic E-state index is 9.43. The van der Waals surface area contributed by atoms with E-state index in [1.165, 1.54) is 0 Å². The lowest BCUT2D eigenvalue weighted by atomic mass is 9.92. The largest absolute Gasteiger partial charge is 0.395 e. The number of rotatable bonds is 8. The van der Waals surface area contributed by atoms with Crippen molar-refractivity contribution in [2.45, 2.75) is 25.4 Å². The third kappa shape index (κ3) is 4.56. The Hall–Kier alpha value is -1.23. The minimum atomic E-state index is -0.250. The fourth-order valence-electron chi connectivity index (χ4n) is 1.80. The Bertz CT molecular complexity index is 353. The van der Waals surface area contributed by atoms with Gasteiger partial charge in [0.2, 0.25) is 0 Å². The number of aliphatic hydroxyl groups excluding tert-OH is 1. The molecular weight excluding hydrogens is 230 g/mol. The topological polar surface area (TPSA) is 62.5 Å². The molecule has 0 aliphatic carbocycles. The van der Waals surface area contributed by atoms with Crippen LogP contribution in [0.1, 0.15) is 24.8 Å². The fourth-order valence-corrected chi connectivity index (χ4v) is 1.80. The summed E-state index contributed by atoms with van der Waals surface area (Å²) in [7, 11) is 1.57. The van der Waals surface area contributed by atoms with Crippen molar-refractivity contribution >= 4 is 5.71 Å². The average molecular weight is 251 g/mol.